The van der Waals surface area contributed by atoms with Crippen LogP contribution in [0.25, 0.3) is 0 Å². The van der Waals surface area contributed by atoms with E-state index in [9.17, 15) is 14.7 Å². The number of fused-ring (bicyclic) bond motifs is 3. The summed E-state index contributed by atoms with van der Waals surface area (Å²) in [5.41, 5.74) is 0.599. The van der Waals surface area contributed by atoms with Gasteiger partial charge in [-0.15, -0.1) is 0 Å². The van der Waals surface area contributed by atoms with Crippen LogP contribution in [0.3, 0.4) is 0 Å². The van der Waals surface area contributed by atoms with Gasteiger partial charge in [0, 0.05) is 24.1 Å². The molecule has 2 aliphatic heterocycles. The average Bonchev–Trinajstić information content (AvgIpc) is 2.60. The monoisotopic (exact) mass is 326 g/mol. The third kappa shape index (κ3) is 3.88. The predicted molar refractivity (Wildman–Crippen MR) is 85.9 cm³/mol. The lowest BCUT2D eigenvalue weighted by Crippen LogP contribution is -2.52. The van der Waals surface area contributed by atoms with E-state index in [-0.39, 0.29) is 5.92 Å². The maximum Gasteiger partial charge on any atom is 0.225 e. The number of carbonyl (C=O) groups excluding carboxylic acids is 2. The van der Waals surface area contributed by atoms with Crippen molar-refractivity contribution in [3.05, 3.63) is 29.8 Å². The van der Waals surface area contributed by atoms with Crippen LogP contribution in [0.15, 0.2) is 24.3 Å². The molecular weight excluding hydrogens is 306 g/mol. The quantitative estimate of drug-likeness (QED) is 0.597. The van der Waals surface area contributed by atoms with Crippen molar-refractivity contribution >= 4 is 11.9 Å². The first-order valence-corrected chi connectivity index (χ1v) is 8.40. The summed E-state index contributed by atoms with van der Waals surface area (Å²) in [6.45, 7) is 1.31. The molecule has 2 heterocycles. The number of hydrogen-bond acceptors (Lipinski definition) is 4. The zero-order valence-electron chi connectivity index (χ0n) is 13.5. The molecule has 1 aromatic carbocycles. The van der Waals surface area contributed by atoms with Crippen LogP contribution in [-0.4, -0.2) is 36.0 Å². The molecule has 3 fully saturated rings. The molecule has 2 saturated heterocycles. The van der Waals surface area contributed by atoms with Crippen molar-refractivity contribution in [1.29, 1.82) is 0 Å². The van der Waals surface area contributed by atoms with Gasteiger partial charge in [0.25, 0.3) is 0 Å². The summed E-state index contributed by atoms with van der Waals surface area (Å²) in [5.74, 6) is 4.35. The molecule has 3 aliphatic rings. The SMILES string of the molecule is O=C([O-])C#Cc1ccc(OCCCN2C(=O)C3CCC2CC3)cc1. The van der Waals surface area contributed by atoms with Crippen molar-refractivity contribution in [3.8, 4) is 17.6 Å². The highest BCUT2D eigenvalue weighted by Crippen LogP contribution is 2.35. The Morgan fingerprint density at radius 2 is 1.92 bits per heavy atom. The highest BCUT2D eigenvalue weighted by Gasteiger charge is 2.39. The fourth-order valence-electron chi connectivity index (χ4n) is 3.52. The molecule has 4 rings (SSSR count). The second kappa shape index (κ2) is 7.39. The van der Waals surface area contributed by atoms with Crippen LogP contribution in [0.5, 0.6) is 5.75 Å². The van der Waals surface area contributed by atoms with Crippen LogP contribution >= 0.6 is 0 Å². The normalized spacial score (nSPS) is 22.0. The highest BCUT2D eigenvalue weighted by atomic mass is 16.5. The second-order valence-electron chi connectivity index (χ2n) is 6.30. The van der Waals surface area contributed by atoms with Crippen LogP contribution in [0.2, 0.25) is 0 Å². The summed E-state index contributed by atoms with van der Waals surface area (Å²) in [6.07, 6.45) is 5.21. The van der Waals surface area contributed by atoms with Gasteiger partial charge < -0.3 is 19.5 Å². The molecule has 5 nitrogen and oxygen atoms in total. The van der Waals surface area contributed by atoms with Gasteiger partial charge in [0.15, 0.2) is 0 Å². The van der Waals surface area contributed by atoms with Crippen LogP contribution in [0, 0.1) is 17.8 Å². The van der Waals surface area contributed by atoms with Crippen LogP contribution in [-0.2, 0) is 9.59 Å². The highest BCUT2D eigenvalue weighted by molar-refractivity contribution is 5.85. The van der Waals surface area contributed by atoms with Crippen molar-refractivity contribution < 1.29 is 19.4 Å². The van der Waals surface area contributed by atoms with Crippen molar-refractivity contribution in [2.45, 2.75) is 38.1 Å². The van der Waals surface area contributed by atoms with E-state index in [1.807, 2.05) is 10.8 Å². The molecule has 0 spiro atoms. The Hall–Kier alpha value is -2.48. The number of carbonyl (C=O) groups is 2. The molecule has 0 radical (unpaired) electrons. The van der Waals surface area contributed by atoms with Gasteiger partial charge in [-0.3, -0.25) is 4.79 Å². The lowest BCUT2D eigenvalue weighted by atomic mass is 9.79. The first kappa shape index (κ1) is 16.4. The molecule has 1 amide bonds. The minimum atomic E-state index is -1.39. The molecule has 24 heavy (non-hydrogen) atoms. The first-order valence-electron chi connectivity index (χ1n) is 8.40. The van der Waals surface area contributed by atoms with Gasteiger partial charge in [-0.2, -0.15) is 0 Å². The van der Waals surface area contributed by atoms with Gasteiger partial charge in [0.1, 0.15) is 11.7 Å². The van der Waals surface area contributed by atoms with Crippen LogP contribution < -0.4 is 9.84 Å². The summed E-state index contributed by atoms with van der Waals surface area (Å²) in [4.78, 5) is 24.5. The Bertz CT molecular complexity index is 663. The number of carboxylic acid groups (broad SMARTS) is 1. The van der Waals surface area contributed by atoms with Gasteiger partial charge in [0.05, 0.1) is 6.61 Å². The molecular formula is C19H20NO4-. The van der Waals surface area contributed by atoms with Gasteiger partial charge in [-0.05, 0) is 62.3 Å². The Balaban J connectivity index is 1.43. The fraction of sp³-hybridized carbons (Fsp3) is 0.474. The van der Waals surface area contributed by atoms with Gasteiger partial charge >= 0.3 is 0 Å². The summed E-state index contributed by atoms with van der Waals surface area (Å²) >= 11 is 0. The molecule has 5 heteroatoms. The standard InChI is InChI=1S/C19H21NO4/c21-18(22)11-4-14-2-9-17(10-3-14)24-13-1-12-20-16-7-5-15(6-8-16)19(20)23/h2-3,9-10,15-16H,1,5-8,12-13H2,(H,21,22)/p-1. The van der Waals surface area contributed by atoms with E-state index in [0.717, 1.165) is 38.6 Å². The molecule has 2 bridgehead atoms. The van der Waals surface area contributed by atoms with Crippen molar-refractivity contribution in [2.75, 3.05) is 13.2 Å². The molecule has 1 aromatic rings. The largest absolute Gasteiger partial charge is 0.537 e. The maximum atomic E-state index is 12.2. The second-order valence-corrected chi connectivity index (χ2v) is 6.30. The number of benzene rings is 1. The Kier molecular flexibility index (Phi) is 5.05. The number of ether oxygens (including phenoxy) is 1. The summed E-state index contributed by atoms with van der Waals surface area (Å²) in [7, 11) is 0. The topological polar surface area (TPSA) is 69.7 Å². The fourth-order valence-corrected chi connectivity index (χ4v) is 3.52. The van der Waals surface area contributed by atoms with E-state index in [1.54, 1.807) is 24.3 Å². The summed E-state index contributed by atoms with van der Waals surface area (Å²) in [5, 5.41) is 10.3. The average molecular weight is 326 g/mol. The van der Waals surface area contributed by atoms with Gasteiger partial charge in [-0.25, -0.2) is 0 Å². The Morgan fingerprint density at radius 1 is 1.21 bits per heavy atom. The number of amides is 1. The van der Waals surface area contributed by atoms with E-state index >= 15 is 0 Å². The number of rotatable bonds is 5. The van der Waals surface area contributed by atoms with E-state index in [4.69, 9.17) is 4.74 Å². The predicted octanol–water partition coefficient (Wildman–Crippen LogP) is 0.958. The Morgan fingerprint density at radius 3 is 2.54 bits per heavy atom. The van der Waals surface area contributed by atoms with Crippen molar-refractivity contribution in [3.63, 3.8) is 0 Å². The van der Waals surface area contributed by atoms with Crippen molar-refractivity contribution in [2.24, 2.45) is 5.92 Å². The van der Waals surface area contributed by atoms with Gasteiger partial charge in [0.2, 0.25) is 5.91 Å². The zero-order chi connectivity index (χ0) is 16.9. The Labute approximate surface area is 141 Å². The van der Waals surface area contributed by atoms with E-state index < -0.39 is 5.97 Å². The van der Waals surface area contributed by atoms with E-state index in [2.05, 4.69) is 5.92 Å². The van der Waals surface area contributed by atoms with Gasteiger partial charge in [-0.1, -0.05) is 5.92 Å². The number of piperidine rings is 2. The van der Waals surface area contributed by atoms with Crippen LogP contribution in [0.4, 0.5) is 0 Å². The molecule has 0 N–H and O–H groups in total. The maximum absolute atomic E-state index is 12.2. The summed E-state index contributed by atoms with van der Waals surface area (Å²) < 4.78 is 5.68. The number of hydrogen-bond donors (Lipinski definition) is 0. The minimum Gasteiger partial charge on any atom is -0.537 e. The molecule has 1 saturated carbocycles. The minimum absolute atomic E-state index is 0.255. The lowest BCUT2D eigenvalue weighted by molar-refractivity contribution is -0.295. The zero-order valence-corrected chi connectivity index (χ0v) is 13.5. The molecule has 126 valence electrons. The van der Waals surface area contributed by atoms with Crippen molar-refractivity contribution in [1.82, 2.24) is 4.90 Å². The summed E-state index contributed by atoms with van der Waals surface area (Å²) in [6, 6.07) is 7.36. The van der Waals surface area contributed by atoms with E-state index in [0.29, 0.717) is 29.9 Å². The third-order valence-corrected chi connectivity index (χ3v) is 4.75. The first-order chi connectivity index (χ1) is 11.6. The molecule has 0 unspecified atom stereocenters. The smallest absolute Gasteiger partial charge is 0.225 e. The molecule has 0 aromatic heterocycles. The van der Waals surface area contributed by atoms with Crippen LogP contribution in [0.1, 0.15) is 37.7 Å². The number of nitrogens with zero attached hydrogens (tertiary/aromatic N) is 1. The van der Waals surface area contributed by atoms with E-state index in [1.165, 1.54) is 0 Å². The molecule has 1 aliphatic carbocycles. The molecule has 0 atom stereocenters. The number of carboxylic acids is 1. The third-order valence-electron chi connectivity index (χ3n) is 4.75. The number of aliphatic carboxylic acids is 1. The lowest BCUT2D eigenvalue weighted by Gasteiger charge is -2.44.